The zero-order valence-corrected chi connectivity index (χ0v) is 22.9. The Balaban J connectivity index is 1.96. The minimum Gasteiger partial charge on any atom is -0.396 e. The third-order valence-electron chi connectivity index (χ3n) is 8.79. The van der Waals surface area contributed by atoms with Gasteiger partial charge in [0.1, 0.15) is 6.29 Å². The van der Waals surface area contributed by atoms with E-state index in [1.807, 2.05) is 13.8 Å². The van der Waals surface area contributed by atoms with Crippen LogP contribution in [0.1, 0.15) is 113 Å². The van der Waals surface area contributed by atoms with Crippen LogP contribution >= 0.6 is 0 Å². The molecule has 34 heavy (non-hydrogen) atoms. The number of epoxide rings is 1. The second kappa shape index (κ2) is 12.1. The summed E-state index contributed by atoms with van der Waals surface area (Å²) in [5, 5.41) is 20.9. The van der Waals surface area contributed by atoms with E-state index in [1.165, 1.54) is 16.7 Å². The van der Waals surface area contributed by atoms with Gasteiger partial charge in [0.2, 0.25) is 0 Å². The molecule has 1 heterocycles. The molecule has 194 valence electrons. The molecule has 2 rings (SSSR count). The van der Waals surface area contributed by atoms with Crippen molar-refractivity contribution in [2.24, 2.45) is 11.3 Å². The van der Waals surface area contributed by atoms with Gasteiger partial charge in [0, 0.05) is 12.0 Å². The van der Waals surface area contributed by atoms with Gasteiger partial charge in [-0.1, -0.05) is 35.8 Å². The van der Waals surface area contributed by atoms with Crippen LogP contribution in [0.2, 0.25) is 0 Å². The van der Waals surface area contributed by atoms with Gasteiger partial charge >= 0.3 is 0 Å². The third-order valence-corrected chi connectivity index (χ3v) is 8.79. The Bertz CT molecular complexity index is 786. The van der Waals surface area contributed by atoms with Crippen molar-refractivity contribution in [2.45, 2.75) is 130 Å². The molecule has 2 fully saturated rings. The lowest BCUT2D eigenvalue weighted by molar-refractivity contribution is -0.115. The van der Waals surface area contributed by atoms with Crippen LogP contribution in [0.4, 0.5) is 0 Å². The maximum atomic E-state index is 11.6. The van der Waals surface area contributed by atoms with Crippen molar-refractivity contribution < 1.29 is 19.7 Å². The summed E-state index contributed by atoms with van der Waals surface area (Å²) in [7, 11) is 0. The molecule has 1 aliphatic carbocycles. The number of carbonyl (C=O) groups is 1. The van der Waals surface area contributed by atoms with Crippen LogP contribution in [0, 0.1) is 11.3 Å². The molecule has 1 saturated carbocycles. The van der Waals surface area contributed by atoms with Crippen LogP contribution < -0.4 is 0 Å². The number of hydrogen-bond donors (Lipinski definition) is 2. The standard InChI is InChI=1S/C30H50O4/c1-22(11-8-12-23(2)15-16-27-28(4,5)34-27)13-9-18-29(6)26(14-10-20-31)25(24(3)21-32)17-19-30(29,7)33/h12-13,21,26-27,31,33H,8-11,14-20H2,1-7H3. The fourth-order valence-electron chi connectivity index (χ4n) is 5.84. The lowest BCUT2D eigenvalue weighted by Crippen LogP contribution is -2.52. The van der Waals surface area contributed by atoms with Gasteiger partial charge in [0.15, 0.2) is 0 Å². The topological polar surface area (TPSA) is 70.1 Å². The molecule has 4 heteroatoms. The molecule has 4 unspecified atom stereocenters. The summed E-state index contributed by atoms with van der Waals surface area (Å²) in [6.45, 7) is 14.9. The van der Waals surface area contributed by atoms with E-state index in [-0.39, 0.29) is 23.5 Å². The van der Waals surface area contributed by atoms with E-state index in [1.54, 1.807) is 0 Å². The lowest BCUT2D eigenvalue weighted by atomic mass is 9.54. The first-order chi connectivity index (χ1) is 15.9. The average Bonchev–Trinajstić information content (AvgIpc) is 3.39. The second-order valence-corrected chi connectivity index (χ2v) is 11.9. The molecule has 1 saturated heterocycles. The Labute approximate surface area is 208 Å². The van der Waals surface area contributed by atoms with Crippen LogP contribution in [0.3, 0.4) is 0 Å². The molecule has 0 aromatic carbocycles. The minimum atomic E-state index is -0.790. The highest BCUT2D eigenvalue weighted by molar-refractivity contribution is 5.74. The Hall–Kier alpha value is -1.23. The average molecular weight is 475 g/mol. The van der Waals surface area contributed by atoms with Gasteiger partial charge < -0.3 is 14.9 Å². The lowest BCUT2D eigenvalue weighted by Gasteiger charge is -2.53. The van der Waals surface area contributed by atoms with Crippen molar-refractivity contribution >= 4 is 6.29 Å². The van der Waals surface area contributed by atoms with E-state index in [0.29, 0.717) is 18.9 Å². The van der Waals surface area contributed by atoms with Gasteiger partial charge in [-0.15, -0.1) is 0 Å². The van der Waals surface area contributed by atoms with E-state index in [0.717, 1.165) is 63.2 Å². The summed E-state index contributed by atoms with van der Waals surface area (Å²) in [5.41, 5.74) is 3.78. The number of carbonyl (C=O) groups excluding carboxylic acids is 1. The molecule has 4 nitrogen and oxygen atoms in total. The fourth-order valence-corrected chi connectivity index (χ4v) is 5.84. The first-order valence-corrected chi connectivity index (χ1v) is 13.3. The first-order valence-electron chi connectivity index (χ1n) is 13.3. The number of rotatable bonds is 13. The van der Waals surface area contributed by atoms with Crippen LogP contribution in [0.15, 0.2) is 34.4 Å². The zero-order chi connectivity index (χ0) is 25.6. The van der Waals surface area contributed by atoms with Gasteiger partial charge in [-0.2, -0.15) is 0 Å². The van der Waals surface area contributed by atoms with E-state index in [4.69, 9.17) is 4.74 Å². The Morgan fingerprint density at radius 1 is 1.03 bits per heavy atom. The summed E-state index contributed by atoms with van der Waals surface area (Å²) in [6.07, 6.45) is 15.1. The summed E-state index contributed by atoms with van der Waals surface area (Å²) < 4.78 is 5.68. The number of aliphatic hydroxyl groups is 2. The van der Waals surface area contributed by atoms with Crippen LogP contribution in [0.25, 0.3) is 0 Å². The van der Waals surface area contributed by atoms with E-state index in [2.05, 4.69) is 46.8 Å². The SMILES string of the molecule is CC(=CCCC1(C)C(CCCO)C(=C(C)C=O)CCC1(C)O)CCC=C(C)CCC1OC1(C)C. The molecule has 4 atom stereocenters. The van der Waals surface area contributed by atoms with Gasteiger partial charge in [-0.05, 0) is 117 Å². The minimum absolute atomic E-state index is 0.0822. The van der Waals surface area contributed by atoms with Crippen LogP contribution in [-0.2, 0) is 9.53 Å². The molecule has 0 bridgehead atoms. The van der Waals surface area contributed by atoms with Crippen molar-refractivity contribution in [3.8, 4) is 0 Å². The summed E-state index contributed by atoms with van der Waals surface area (Å²) >= 11 is 0. The van der Waals surface area contributed by atoms with Gasteiger partial charge in [-0.3, -0.25) is 4.79 Å². The smallest absolute Gasteiger partial charge is 0.145 e. The van der Waals surface area contributed by atoms with Crippen molar-refractivity contribution in [1.82, 2.24) is 0 Å². The second-order valence-electron chi connectivity index (χ2n) is 11.9. The molecule has 0 aromatic heterocycles. The highest BCUT2D eigenvalue weighted by Crippen LogP contribution is 2.55. The van der Waals surface area contributed by atoms with Crippen molar-refractivity contribution in [3.05, 3.63) is 34.4 Å². The van der Waals surface area contributed by atoms with E-state index < -0.39 is 5.60 Å². The summed E-state index contributed by atoms with van der Waals surface area (Å²) in [5.74, 6) is 0.119. The number of ether oxygens (including phenoxy) is 1. The molecular formula is C30H50O4. The number of aldehydes is 1. The predicted octanol–water partition coefficient (Wildman–Crippen LogP) is 6.85. The van der Waals surface area contributed by atoms with Crippen LogP contribution in [-0.4, -0.2) is 40.4 Å². The molecule has 0 radical (unpaired) electrons. The molecule has 2 N–H and O–H groups in total. The van der Waals surface area contributed by atoms with Crippen molar-refractivity contribution in [1.29, 1.82) is 0 Å². The van der Waals surface area contributed by atoms with Gasteiger partial charge in [0.25, 0.3) is 0 Å². The van der Waals surface area contributed by atoms with Gasteiger partial charge in [0.05, 0.1) is 17.3 Å². The van der Waals surface area contributed by atoms with Crippen LogP contribution in [0.5, 0.6) is 0 Å². The van der Waals surface area contributed by atoms with E-state index in [9.17, 15) is 15.0 Å². The highest BCUT2D eigenvalue weighted by atomic mass is 16.6. The molecular weight excluding hydrogens is 424 g/mol. The van der Waals surface area contributed by atoms with Gasteiger partial charge in [-0.25, -0.2) is 0 Å². The molecule has 2 aliphatic rings. The quantitative estimate of drug-likeness (QED) is 0.132. The number of hydrogen-bond acceptors (Lipinski definition) is 4. The maximum Gasteiger partial charge on any atom is 0.145 e. The molecule has 0 spiro atoms. The van der Waals surface area contributed by atoms with E-state index >= 15 is 0 Å². The first kappa shape index (κ1) is 29.0. The fraction of sp³-hybridized carbons (Fsp3) is 0.767. The summed E-state index contributed by atoms with van der Waals surface area (Å²) in [6, 6.07) is 0. The Morgan fingerprint density at radius 2 is 1.65 bits per heavy atom. The number of allylic oxidation sites excluding steroid dienone is 6. The molecule has 0 aromatic rings. The summed E-state index contributed by atoms with van der Waals surface area (Å²) in [4.78, 5) is 11.6. The highest BCUT2D eigenvalue weighted by Gasteiger charge is 2.52. The molecule has 0 amide bonds. The Morgan fingerprint density at radius 3 is 2.24 bits per heavy atom. The van der Waals surface area contributed by atoms with Crippen molar-refractivity contribution in [3.63, 3.8) is 0 Å². The third kappa shape index (κ3) is 7.38. The zero-order valence-electron chi connectivity index (χ0n) is 22.9. The normalized spacial score (nSPS) is 33.1. The largest absolute Gasteiger partial charge is 0.396 e. The Kier molecular flexibility index (Phi) is 10.4. The number of aliphatic hydroxyl groups excluding tert-OH is 1. The predicted molar refractivity (Wildman–Crippen MR) is 141 cm³/mol. The monoisotopic (exact) mass is 474 g/mol. The molecule has 1 aliphatic heterocycles. The maximum absolute atomic E-state index is 11.6. The van der Waals surface area contributed by atoms with Crippen molar-refractivity contribution in [2.75, 3.05) is 6.61 Å².